The molecule has 1 atom stereocenters. The van der Waals surface area contributed by atoms with E-state index < -0.39 is 26.8 Å². The van der Waals surface area contributed by atoms with Crippen molar-refractivity contribution >= 4 is 8.03 Å². The minimum atomic E-state index is -4.30. The minimum Gasteiger partial charge on any atom is -0.346 e. The third kappa shape index (κ3) is 7.98. The van der Waals surface area contributed by atoms with Gasteiger partial charge in [0, 0.05) is 6.16 Å². The molecule has 0 heterocycles. The van der Waals surface area contributed by atoms with Crippen molar-refractivity contribution in [2.75, 3.05) is 6.16 Å². The van der Waals surface area contributed by atoms with Crippen LogP contribution in [0.3, 0.4) is 0 Å². The zero-order valence-electron chi connectivity index (χ0n) is 4.40. The molecule has 0 radical (unpaired) electrons. The first kappa shape index (κ1) is 8.98. The summed E-state index contributed by atoms with van der Waals surface area (Å²) in [5, 5.41) is 0. The summed E-state index contributed by atoms with van der Waals surface area (Å²) in [5.41, 5.74) is 0. The van der Waals surface area contributed by atoms with E-state index in [1.54, 1.807) is 0 Å². The largest absolute Gasteiger partial charge is 0.389 e. The number of hydrogen-bond acceptors (Lipinski definition) is 1. The van der Waals surface area contributed by atoms with E-state index in [1.807, 2.05) is 0 Å². The van der Waals surface area contributed by atoms with Crippen LogP contribution in [0.1, 0.15) is 6.42 Å². The van der Waals surface area contributed by atoms with Crippen LogP contribution in [0, 0.1) is 0 Å². The fourth-order valence-corrected chi connectivity index (χ4v) is 0.746. The molecule has 9 heavy (non-hydrogen) atoms. The molecule has 0 aromatic rings. The molecule has 0 aliphatic rings. The SMILES string of the molecule is O=[PH](O)CCC(F)(F)F. The maximum absolute atomic E-state index is 11.2. The van der Waals surface area contributed by atoms with Crippen molar-refractivity contribution in [2.24, 2.45) is 0 Å². The summed E-state index contributed by atoms with van der Waals surface area (Å²) in [6.45, 7) is 0. The zero-order valence-corrected chi connectivity index (χ0v) is 5.40. The second kappa shape index (κ2) is 3.22. The van der Waals surface area contributed by atoms with Crippen LogP contribution in [-0.4, -0.2) is 17.2 Å². The zero-order chi connectivity index (χ0) is 7.49. The predicted molar refractivity (Wildman–Crippen MR) is 26.8 cm³/mol. The predicted octanol–water partition coefficient (Wildman–Crippen LogP) is 1.41. The summed E-state index contributed by atoms with van der Waals surface area (Å²) in [7, 11) is -2.94. The molecule has 1 N–H and O–H groups in total. The fraction of sp³-hybridized carbons (Fsp3) is 1.00. The molecule has 0 aliphatic carbocycles. The Labute approximate surface area is 50.6 Å². The van der Waals surface area contributed by atoms with Gasteiger partial charge in [-0.15, -0.1) is 0 Å². The normalized spacial score (nSPS) is 15.6. The van der Waals surface area contributed by atoms with Crippen LogP contribution in [0.2, 0.25) is 0 Å². The van der Waals surface area contributed by atoms with Crippen molar-refractivity contribution in [1.29, 1.82) is 0 Å². The Morgan fingerprint density at radius 2 is 1.89 bits per heavy atom. The highest BCUT2D eigenvalue weighted by Gasteiger charge is 2.26. The van der Waals surface area contributed by atoms with Crippen LogP contribution in [0.15, 0.2) is 0 Å². The number of rotatable bonds is 2. The van der Waals surface area contributed by atoms with Crippen molar-refractivity contribution in [3.8, 4) is 0 Å². The van der Waals surface area contributed by atoms with E-state index in [-0.39, 0.29) is 0 Å². The highest BCUT2D eigenvalue weighted by molar-refractivity contribution is 7.37. The third-order valence-electron chi connectivity index (χ3n) is 0.622. The lowest BCUT2D eigenvalue weighted by Gasteiger charge is -2.01. The van der Waals surface area contributed by atoms with Gasteiger partial charge in [0.25, 0.3) is 0 Å². The van der Waals surface area contributed by atoms with Gasteiger partial charge in [0.2, 0.25) is 0 Å². The monoisotopic (exact) mass is 162 g/mol. The summed E-state index contributed by atoms with van der Waals surface area (Å²) in [6, 6.07) is 0. The van der Waals surface area contributed by atoms with E-state index in [1.165, 1.54) is 0 Å². The van der Waals surface area contributed by atoms with Crippen LogP contribution < -0.4 is 0 Å². The van der Waals surface area contributed by atoms with Crippen LogP contribution in [-0.2, 0) is 4.57 Å². The van der Waals surface area contributed by atoms with Crippen molar-refractivity contribution in [1.82, 2.24) is 0 Å². The number of hydrogen-bond donors (Lipinski definition) is 1. The second-order valence-electron chi connectivity index (χ2n) is 1.51. The highest BCUT2D eigenvalue weighted by atomic mass is 31.1. The maximum Gasteiger partial charge on any atom is 0.389 e. The molecule has 0 aromatic carbocycles. The van der Waals surface area contributed by atoms with Crippen LogP contribution in [0.25, 0.3) is 0 Å². The van der Waals surface area contributed by atoms with Crippen molar-refractivity contribution in [3.05, 3.63) is 0 Å². The third-order valence-corrected chi connectivity index (χ3v) is 1.30. The van der Waals surface area contributed by atoms with Crippen molar-refractivity contribution in [3.63, 3.8) is 0 Å². The van der Waals surface area contributed by atoms with Gasteiger partial charge in [-0.05, 0) is 0 Å². The quantitative estimate of drug-likeness (QED) is 0.623. The molecule has 0 saturated carbocycles. The average Bonchev–Trinajstić information content (AvgIpc) is 1.59. The number of alkyl halides is 3. The van der Waals surface area contributed by atoms with Gasteiger partial charge in [-0.3, -0.25) is 4.57 Å². The average molecular weight is 162 g/mol. The summed E-state index contributed by atoms with van der Waals surface area (Å²) in [6.07, 6.45) is -6.13. The Kier molecular flexibility index (Phi) is 3.22. The summed E-state index contributed by atoms with van der Waals surface area (Å²) >= 11 is 0. The maximum atomic E-state index is 11.2. The van der Waals surface area contributed by atoms with Crippen molar-refractivity contribution in [2.45, 2.75) is 12.6 Å². The molecule has 2 nitrogen and oxygen atoms in total. The van der Waals surface area contributed by atoms with E-state index in [4.69, 9.17) is 4.89 Å². The molecule has 56 valence electrons. The molecule has 0 aromatic heterocycles. The van der Waals surface area contributed by atoms with E-state index in [0.717, 1.165) is 0 Å². The minimum absolute atomic E-state index is 0.659. The van der Waals surface area contributed by atoms with E-state index in [9.17, 15) is 17.7 Å². The smallest absolute Gasteiger partial charge is 0.346 e. The van der Waals surface area contributed by atoms with Gasteiger partial charge in [0.15, 0.2) is 8.03 Å². The Hall–Kier alpha value is -0.0200. The molecular weight excluding hydrogens is 156 g/mol. The Bertz CT molecular complexity index is 110. The van der Waals surface area contributed by atoms with E-state index in [2.05, 4.69) is 0 Å². The molecule has 0 aliphatic heterocycles. The molecule has 0 fully saturated rings. The summed E-state index contributed by atoms with van der Waals surface area (Å²) in [4.78, 5) is 7.96. The van der Waals surface area contributed by atoms with E-state index in [0.29, 0.717) is 0 Å². The van der Waals surface area contributed by atoms with Gasteiger partial charge >= 0.3 is 6.18 Å². The topological polar surface area (TPSA) is 37.3 Å². The fourth-order valence-electron chi connectivity index (χ4n) is 0.249. The van der Waals surface area contributed by atoms with Gasteiger partial charge in [0.1, 0.15) is 0 Å². The van der Waals surface area contributed by atoms with Gasteiger partial charge in [-0.1, -0.05) is 0 Å². The highest BCUT2D eigenvalue weighted by Crippen LogP contribution is 2.25. The molecule has 0 saturated heterocycles. The Morgan fingerprint density at radius 1 is 1.44 bits per heavy atom. The Balaban J connectivity index is 3.39. The summed E-state index contributed by atoms with van der Waals surface area (Å²) in [5.74, 6) is 0. The lowest BCUT2D eigenvalue weighted by molar-refractivity contribution is -0.130. The lowest BCUT2D eigenvalue weighted by atomic mass is 10.5. The van der Waals surface area contributed by atoms with Crippen LogP contribution in [0.4, 0.5) is 13.2 Å². The first-order chi connectivity index (χ1) is 3.92. The molecule has 1 unspecified atom stereocenters. The molecule has 0 bridgehead atoms. The standard InChI is InChI=1S/C3H6F3O2P/c4-3(5,6)1-2-9(7)8/h9H,1-2H2,(H,7,8). The Morgan fingerprint density at radius 3 is 2.00 bits per heavy atom. The van der Waals surface area contributed by atoms with Crippen molar-refractivity contribution < 1.29 is 22.6 Å². The van der Waals surface area contributed by atoms with Gasteiger partial charge in [-0.25, -0.2) is 0 Å². The van der Waals surface area contributed by atoms with Gasteiger partial charge in [-0.2, -0.15) is 13.2 Å². The van der Waals surface area contributed by atoms with Gasteiger partial charge in [0.05, 0.1) is 6.42 Å². The summed E-state index contributed by atoms with van der Waals surface area (Å²) < 4.78 is 43.3. The molecule has 0 spiro atoms. The van der Waals surface area contributed by atoms with Crippen LogP contribution >= 0.6 is 8.03 Å². The van der Waals surface area contributed by atoms with Gasteiger partial charge < -0.3 is 4.89 Å². The molecule has 0 rings (SSSR count). The molecule has 0 amide bonds. The first-order valence-corrected chi connectivity index (χ1v) is 3.76. The van der Waals surface area contributed by atoms with E-state index >= 15 is 0 Å². The first-order valence-electron chi connectivity index (χ1n) is 2.20. The van der Waals surface area contributed by atoms with Crippen LogP contribution in [0.5, 0.6) is 0 Å². The molecule has 6 heteroatoms. The second-order valence-corrected chi connectivity index (χ2v) is 2.80. The number of halogens is 3. The lowest BCUT2D eigenvalue weighted by Crippen LogP contribution is -2.07. The molecular formula is C3H6F3O2P.